The van der Waals surface area contributed by atoms with Gasteiger partial charge >= 0.3 is 5.97 Å². The SMILES string of the molecule is COCc1ccsc1C(=O)NC1(C)CCCCC1C(=O)O. The van der Waals surface area contributed by atoms with E-state index in [9.17, 15) is 14.7 Å². The Morgan fingerprint density at radius 2 is 2.29 bits per heavy atom. The predicted octanol–water partition coefficient (Wildman–Crippen LogP) is 2.66. The number of ether oxygens (including phenoxy) is 1. The molecule has 0 radical (unpaired) electrons. The van der Waals surface area contributed by atoms with Crippen molar-refractivity contribution >= 4 is 23.2 Å². The number of rotatable bonds is 5. The van der Waals surface area contributed by atoms with Crippen LogP contribution in [-0.2, 0) is 16.1 Å². The third-order valence-corrected chi connectivity index (χ3v) is 5.11. The van der Waals surface area contributed by atoms with Gasteiger partial charge in [0.1, 0.15) is 0 Å². The third kappa shape index (κ3) is 3.44. The quantitative estimate of drug-likeness (QED) is 0.876. The molecule has 2 N–H and O–H groups in total. The second-order valence-corrected chi connectivity index (χ2v) is 6.63. The standard InChI is InChI=1S/C15H21NO4S/c1-15(7-4-3-5-11(15)14(18)19)16-13(17)12-10(9-20-2)6-8-21-12/h6,8,11H,3-5,7,9H2,1-2H3,(H,16,17)(H,18,19). The van der Waals surface area contributed by atoms with Gasteiger partial charge in [-0.05, 0) is 31.2 Å². The van der Waals surface area contributed by atoms with Crippen molar-refractivity contribution in [2.45, 2.75) is 44.8 Å². The summed E-state index contributed by atoms with van der Waals surface area (Å²) < 4.78 is 5.08. The monoisotopic (exact) mass is 311 g/mol. The van der Waals surface area contributed by atoms with Gasteiger partial charge in [0.25, 0.3) is 5.91 Å². The Hall–Kier alpha value is -1.40. The number of amides is 1. The van der Waals surface area contributed by atoms with E-state index in [0.717, 1.165) is 18.4 Å². The van der Waals surface area contributed by atoms with Crippen molar-refractivity contribution in [3.8, 4) is 0 Å². The van der Waals surface area contributed by atoms with Gasteiger partial charge in [-0.2, -0.15) is 0 Å². The molecule has 2 unspecified atom stereocenters. The minimum Gasteiger partial charge on any atom is -0.481 e. The highest BCUT2D eigenvalue weighted by atomic mass is 32.1. The summed E-state index contributed by atoms with van der Waals surface area (Å²) in [7, 11) is 1.59. The van der Waals surface area contributed by atoms with E-state index in [1.807, 2.05) is 18.4 Å². The van der Waals surface area contributed by atoms with E-state index in [1.54, 1.807) is 7.11 Å². The van der Waals surface area contributed by atoms with E-state index in [4.69, 9.17) is 4.74 Å². The van der Waals surface area contributed by atoms with Crippen LogP contribution in [0.15, 0.2) is 11.4 Å². The fraction of sp³-hybridized carbons (Fsp3) is 0.600. The number of hydrogen-bond acceptors (Lipinski definition) is 4. The van der Waals surface area contributed by atoms with Crippen LogP contribution in [0.5, 0.6) is 0 Å². The molecular weight excluding hydrogens is 290 g/mol. The van der Waals surface area contributed by atoms with Gasteiger partial charge < -0.3 is 15.2 Å². The maximum Gasteiger partial charge on any atom is 0.308 e. The Labute approximate surface area is 128 Å². The summed E-state index contributed by atoms with van der Waals surface area (Å²) in [6.07, 6.45) is 3.15. The van der Waals surface area contributed by atoms with Gasteiger partial charge in [0.05, 0.1) is 22.9 Å². The fourth-order valence-corrected chi connectivity index (χ4v) is 3.80. The largest absolute Gasteiger partial charge is 0.481 e. The lowest BCUT2D eigenvalue weighted by molar-refractivity contribution is -0.145. The average Bonchev–Trinajstić information content (AvgIpc) is 2.87. The van der Waals surface area contributed by atoms with Gasteiger partial charge in [0.2, 0.25) is 0 Å². The summed E-state index contributed by atoms with van der Waals surface area (Å²) in [4.78, 5) is 24.5. The molecule has 1 aliphatic carbocycles. The van der Waals surface area contributed by atoms with Gasteiger partial charge in [-0.1, -0.05) is 12.8 Å². The normalized spacial score (nSPS) is 25.5. The van der Waals surface area contributed by atoms with E-state index < -0.39 is 17.4 Å². The highest BCUT2D eigenvalue weighted by Gasteiger charge is 2.42. The second-order valence-electron chi connectivity index (χ2n) is 5.72. The number of carbonyl (C=O) groups excluding carboxylic acids is 1. The van der Waals surface area contributed by atoms with Gasteiger partial charge in [0.15, 0.2) is 0 Å². The molecule has 0 saturated heterocycles. The molecule has 6 heteroatoms. The molecule has 1 amide bonds. The van der Waals surface area contributed by atoms with E-state index in [2.05, 4.69) is 5.32 Å². The summed E-state index contributed by atoms with van der Waals surface area (Å²) in [6.45, 7) is 2.22. The van der Waals surface area contributed by atoms with Crippen LogP contribution in [0.2, 0.25) is 0 Å². The van der Waals surface area contributed by atoms with Gasteiger partial charge in [-0.15, -0.1) is 11.3 Å². The Balaban J connectivity index is 2.16. The summed E-state index contributed by atoms with van der Waals surface area (Å²) in [6, 6.07) is 1.86. The van der Waals surface area contributed by atoms with Gasteiger partial charge in [0, 0.05) is 12.7 Å². The van der Waals surface area contributed by atoms with Crippen LogP contribution in [-0.4, -0.2) is 29.6 Å². The van der Waals surface area contributed by atoms with Crippen molar-refractivity contribution in [1.29, 1.82) is 0 Å². The number of aliphatic carboxylic acids is 1. The Bertz CT molecular complexity index is 527. The molecule has 0 aromatic carbocycles. The first-order valence-electron chi connectivity index (χ1n) is 7.08. The molecule has 2 atom stereocenters. The van der Waals surface area contributed by atoms with Crippen molar-refractivity contribution in [3.05, 3.63) is 21.9 Å². The first-order valence-corrected chi connectivity index (χ1v) is 7.96. The molecule has 1 aromatic rings. The lowest BCUT2D eigenvalue weighted by atomic mass is 9.74. The molecule has 1 saturated carbocycles. The first kappa shape index (κ1) is 16.0. The highest BCUT2D eigenvalue weighted by Crippen LogP contribution is 2.34. The number of nitrogens with one attached hydrogen (secondary N) is 1. The third-order valence-electron chi connectivity index (χ3n) is 4.16. The molecule has 1 aromatic heterocycles. The minimum atomic E-state index is -0.833. The lowest BCUT2D eigenvalue weighted by Gasteiger charge is -2.39. The van der Waals surface area contributed by atoms with Gasteiger partial charge in [-0.3, -0.25) is 9.59 Å². The molecule has 0 aliphatic heterocycles. The summed E-state index contributed by atoms with van der Waals surface area (Å²) in [5.74, 6) is -1.56. The topological polar surface area (TPSA) is 75.6 Å². The van der Waals surface area contributed by atoms with Crippen molar-refractivity contribution in [2.24, 2.45) is 5.92 Å². The van der Waals surface area contributed by atoms with Crippen molar-refractivity contribution in [3.63, 3.8) is 0 Å². The number of hydrogen-bond donors (Lipinski definition) is 2. The number of carbonyl (C=O) groups is 2. The highest BCUT2D eigenvalue weighted by molar-refractivity contribution is 7.12. The van der Waals surface area contributed by atoms with Crippen LogP contribution in [0, 0.1) is 5.92 Å². The smallest absolute Gasteiger partial charge is 0.308 e. The number of carboxylic acids is 1. The lowest BCUT2D eigenvalue weighted by Crippen LogP contribution is -2.55. The zero-order valence-corrected chi connectivity index (χ0v) is 13.2. The van der Waals surface area contributed by atoms with E-state index in [1.165, 1.54) is 11.3 Å². The maximum atomic E-state index is 12.5. The van der Waals surface area contributed by atoms with Crippen LogP contribution in [0.3, 0.4) is 0 Å². The van der Waals surface area contributed by atoms with E-state index in [0.29, 0.717) is 24.3 Å². The van der Waals surface area contributed by atoms with Gasteiger partial charge in [-0.25, -0.2) is 0 Å². The van der Waals surface area contributed by atoms with E-state index >= 15 is 0 Å². The van der Waals surface area contributed by atoms with Crippen LogP contribution in [0.25, 0.3) is 0 Å². The molecule has 5 nitrogen and oxygen atoms in total. The number of carboxylic acid groups (broad SMARTS) is 1. The molecule has 116 valence electrons. The molecule has 0 bridgehead atoms. The zero-order chi connectivity index (χ0) is 15.5. The van der Waals surface area contributed by atoms with Crippen LogP contribution in [0.1, 0.15) is 47.8 Å². The predicted molar refractivity (Wildman–Crippen MR) is 80.5 cm³/mol. The maximum absolute atomic E-state index is 12.5. The molecule has 21 heavy (non-hydrogen) atoms. The van der Waals surface area contributed by atoms with E-state index in [-0.39, 0.29) is 5.91 Å². The Morgan fingerprint density at radius 3 is 2.95 bits per heavy atom. The molecule has 1 aliphatic rings. The molecule has 0 spiro atoms. The van der Waals surface area contributed by atoms with Crippen molar-refractivity contribution in [2.75, 3.05) is 7.11 Å². The molecule has 1 fully saturated rings. The summed E-state index contributed by atoms with van der Waals surface area (Å²) in [5, 5.41) is 14.2. The molecule has 1 heterocycles. The Morgan fingerprint density at radius 1 is 1.52 bits per heavy atom. The van der Waals surface area contributed by atoms with Crippen LogP contribution < -0.4 is 5.32 Å². The van der Waals surface area contributed by atoms with Crippen LogP contribution >= 0.6 is 11.3 Å². The van der Waals surface area contributed by atoms with Crippen LogP contribution in [0.4, 0.5) is 0 Å². The number of thiophene rings is 1. The molecule has 2 rings (SSSR count). The summed E-state index contributed by atoms with van der Waals surface area (Å²) >= 11 is 1.36. The minimum absolute atomic E-state index is 0.201. The average molecular weight is 311 g/mol. The molecular formula is C15H21NO4S. The zero-order valence-electron chi connectivity index (χ0n) is 12.3. The Kier molecular flexibility index (Phi) is 5.00. The van der Waals surface area contributed by atoms with Crippen molar-refractivity contribution in [1.82, 2.24) is 5.32 Å². The second kappa shape index (κ2) is 6.58. The fourth-order valence-electron chi connectivity index (χ4n) is 3.00. The number of methoxy groups -OCH3 is 1. The van der Waals surface area contributed by atoms with Crippen molar-refractivity contribution < 1.29 is 19.4 Å². The summed E-state index contributed by atoms with van der Waals surface area (Å²) in [5.41, 5.74) is 0.154. The first-order chi connectivity index (χ1) is 9.98.